The van der Waals surface area contributed by atoms with Crippen molar-refractivity contribution in [1.29, 1.82) is 0 Å². The number of aromatic nitrogens is 6. The fourth-order valence-corrected chi connectivity index (χ4v) is 3.09. The molecular weight excluding hydrogens is 344 g/mol. The topological polar surface area (TPSA) is 120 Å². The first kappa shape index (κ1) is 15.2. The van der Waals surface area contributed by atoms with Crippen LogP contribution in [0.5, 0.6) is 0 Å². The Balaban J connectivity index is 1.70. The van der Waals surface area contributed by atoms with E-state index < -0.39 is 5.97 Å². The molecule has 0 unspecified atom stereocenters. The molecule has 0 aliphatic heterocycles. The summed E-state index contributed by atoms with van der Waals surface area (Å²) in [7, 11) is 0. The zero-order valence-electron chi connectivity index (χ0n) is 13.8. The Morgan fingerprint density at radius 3 is 2.81 bits per heavy atom. The van der Waals surface area contributed by atoms with Crippen LogP contribution in [0, 0.1) is 0 Å². The maximum absolute atomic E-state index is 11.4. The van der Waals surface area contributed by atoms with Crippen LogP contribution in [0.15, 0.2) is 55.0 Å². The van der Waals surface area contributed by atoms with Crippen LogP contribution in [0.4, 0.5) is 0 Å². The molecule has 0 saturated carbocycles. The number of nitrogens with one attached hydrogen (secondary N) is 2. The molecule has 5 rings (SSSR count). The number of rotatable bonds is 3. The molecule has 0 aliphatic rings. The highest BCUT2D eigenvalue weighted by Gasteiger charge is 2.17. The number of nitrogens with zero attached hydrogens (tertiary/aromatic N) is 4. The number of H-pyrrole nitrogens is 2. The lowest BCUT2D eigenvalue weighted by molar-refractivity contribution is 0.0699. The third-order valence-electron chi connectivity index (χ3n) is 4.38. The Morgan fingerprint density at radius 2 is 2.00 bits per heavy atom. The normalized spacial score (nSPS) is 11.3. The van der Waals surface area contributed by atoms with Crippen LogP contribution in [0.1, 0.15) is 10.4 Å². The zero-order valence-corrected chi connectivity index (χ0v) is 13.8. The summed E-state index contributed by atoms with van der Waals surface area (Å²) in [5.74, 6) is -0.514. The number of imidazole rings is 1. The molecule has 4 heterocycles. The van der Waals surface area contributed by atoms with Gasteiger partial charge in [0.05, 0.1) is 16.5 Å². The SMILES string of the molecule is O=C(O)c1cccc2[nH]c(-c3[nH]nc4ncc(-c5cccnc5)cc34)nc12. The Kier molecular flexibility index (Phi) is 3.23. The van der Waals surface area contributed by atoms with E-state index in [4.69, 9.17) is 0 Å². The Bertz CT molecular complexity index is 1310. The van der Waals surface area contributed by atoms with E-state index in [1.165, 1.54) is 6.07 Å². The van der Waals surface area contributed by atoms with Crippen molar-refractivity contribution in [2.75, 3.05) is 0 Å². The largest absolute Gasteiger partial charge is 0.478 e. The van der Waals surface area contributed by atoms with Gasteiger partial charge in [-0.15, -0.1) is 0 Å². The minimum atomic E-state index is -1.02. The average Bonchev–Trinajstić information content (AvgIpc) is 3.31. The lowest BCUT2D eigenvalue weighted by Gasteiger charge is -2.00. The molecule has 1 aromatic carbocycles. The molecule has 8 nitrogen and oxygen atoms in total. The Hall–Kier alpha value is -4.07. The molecule has 0 saturated heterocycles. The van der Waals surface area contributed by atoms with Crippen molar-refractivity contribution in [3.63, 3.8) is 0 Å². The molecule has 4 aromatic heterocycles. The predicted molar refractivity (Wildman–Crippen MR) is 99.2 cm³/mol. The van der Waals surface area contributed by atoms with Crippen molar-refractivity contribution in [3.05, 3.63) is 60.6 Å². The first-order valence-corrected chi connectivity index (χ1v) is 8.17. The molecule has 0 aliphatic carbocycles. The molecule has 0 fully saturated rings. The zero-order chi connectivity index (χ0) is 18.4. The summed E-state index contributed by atoms with van der Waals surface area (Å²) in [5, 5.41) is 17.3. The molecule has 27 heavy (non-hydrogen) atoms. The number of carboxylic acids is 1. The second kappa shape index (κ2) is 5.73. The van der Waals surface area contributed by atoms with Crippen molar-refractivity contribution >= 4 is 28.0 Å². The summed E-state index contributed by atoms with van der Waals surface area (Å²) < 4.78 is 0. The number of hydrogen-bond acceptors (Lipinski definition) is 5. The van der Waals surface area contributed by atoms with Crippen molar-refractivity contribution in [2.24, 2.45) is 0 Å². The molecule has 0 amide bonds. The molecule has 130 valence electrons. The van der Waals surface area contributed by atoms with E-state index >= 15 is 0 Å². The van der Waals surface area contributed by atoms with Crippen LogP contribution >= 0.6 is 0 Å². The number of carboxylic acid groups (broad SMARTS) is 1. The molecule has 5 aromatic rings. The number of benzene rings is 1. The monoisotopic (exact) mass is 356 g/mol. The van der Waals surface area contributed by atoms with E-state index in [0.29, 0.717) is 28.2 Å². The van der Waals surface area contributed by atoms with Gasteiger partial charge in [-0.2, -0.15) is 5.10 Å². The smallest absolute Gasteiger partial charge is 0.337 e. The third-order valence-corrected chi connectivity index (χ3v) is 4.38. The van der Waals surface area contributed by atoms with Crippen molar-refractivity contribution in [1.82, 2.24) is 30.1 Å². The number of aromatic amines is 2. The number of aromatic carboxylic acids is 1. The summed E-state index contributed by atoms with van der Waals surface area (Å²) in [5.41, 5.74) is 4.24. The highest BCUT2D eigenvalue weighted by molar-refractivity contribution is 6.02. The molecular formula is C19H12N6O2. The highest BCUT2D eigenvalue weighted by atomic mass is 16.4. The Labute approximate surface area is 151 Å². The van der Waals surface area contributed by atoms with E-state index in [9.17, 15) is 9.90 Å². The molecule has 0 radical (unpaired) electrons. The average molecular weight is 356 g/mol. The van der Waals surface area contributed by atoms with Crippen molar-refractivity contribution < 1.29 is 9.90 Å². The standard InChI is InChI=1S/C19H12N6O2/c26-19(27)12-4-1-5-14-15(12)23-18(22-14)16-13-7-11(9-21-17(13)25-24-16)10-3-2-6-20-8-10/h1-9H,(H,22,23)(H,26,27)(H,21,24,25). The summed E-state index contributed by atoms with van der Waals surface area (Å²) in [4.78, 5) is 27.6. The van der Waals surface area contributed by atoms with E-state index in [1.54, 1.807) is 30.7 Å². The van der Waals surface area contributed by atoms with Gasteiger partial charge in [-0.25, -0.2) is 14.8 Å². The van der Waals surface area contributed by atoms with Gasteiger partial charge in [-0.05, 0) is 24.3 Å². The molecule has 0 atom stereocenters. The van der Waals surface area contributed by atoms with Gasteiger partial charge in [0.15, 0.2) is 11.5 Å². The highest BCUT2D eigenvalue weighted by Crippen LogP contribution is 2.29. The quantitative estimate of drug-likeness (QED) is 0.456. The van der Waals surface area contributed by atoms with Gasteiger partial charge in [-0.1, -0.05) is 12.1 Å². The fourth-order valence-electron chi connectivity index (χ4n) is 3.09. The first-order valence-electron chi connectivity index (χ1n) is 8.17. The van der Waals surface area contributed by atoms with Gasteiger partial charge in [0.2, 0.25) is 0 Å². The van der Waals surface area contributed by atoms with Gasteiger partial charge < -0.3 is 10.1 Å². The lowest BCUT2D eigenvalue weighted by Crippen LogP contribution is -1.96. The van der Waals surface area contributed by atoms with Crippen LogP contribution in [0.25, 0.3) is 44.7 Å². The number of para-hydroxylation sites is 1. The number of carbonyl (C=O) groups is 1. The first-order chi connectivity index (χ1) is 13.2. The second-order valence-electron chi connectivity index (χ2n) is 6.03. The minimum Gasteiger partial charge on any atom is -0.478 e. The molecule has 8 heteroatoms. The van der Waals surface area contributed by atoms with E-state index in [0.717, 1.165) is 16.5 Å². The lowest BCUT2D eigenvalue weighted by atomic mass is 10.1. The van der Waals surface area contributed by atoms with Gasteiger partial charge in [0, 0.05) is 29.7 Å². The summed E-state index contributed by atoms with van der Waals surface area (Å²) in [6.07, 6.45) is 5.22. The summed E-state index contributed by atoms with van der Waals surface area (Å²) >= 11 is 0. The molecule has 0 bridgehead atoms. The van der Waals surface area contributed by atoms with Crippen LogP contribution in [-0.4, -0.2) is 41.2 Å². The summed E-state index contributed by atoms with van der Waals surface area (Å²) in [6, 6.07) is 10.8. The van der Waals surface area contributed by atoms with Crippen molar-refractivity contribution in [2.45, 2.75) is 0 Å². The van der Waals surface area contributed by atoms with Crippen molar-refractivity contribution in [3.8, 4) is 22.6 Å². The van der Waals surface area contributed by atoms with Gasteiger partial charge in [0.1, 0.15) is 11.2 Å². The molecule has 0 spiro atoms. The van der Waals surface area contributed by atoms with Gasteiger partial charge in [-0.3, -0.25) is 10.1 Å². The molecule has 3 N–H and O–H groups in total. The maximum atomic E-state index is 11.4. The number of hydrogen-bond donors (Lipinski definition) is 3. The van der Waals surface area contributed by atoms with Crippen LogP contribution in [0.2, 0.25) is 0 Å². The van der Waals surface area contributed by atoms with Gasteiger partial charge >= 0.3 is 5.97 Å². The Morgan fingerprint density at radius 1 is 1.07 bits per heavy atom. The number of pyridine rings is 2. The van der Waals surface area contributed by atoms with Crippen LogP contribution in [0.3, 0.4) is 0 Å². The summed E-state index contributed by atoms with van der Waals surface area (Å²) in [6.45, 7) is 0. The predicted octanol–water partition coefficient (Wildman–Crippen LogP) is 3.26. The minimum absolute atomic E-state index is 0.146. The van der Waals surface area contributed by atoms with Crippen LogP contribution < -0.4 is 0 Å². The fraction of sp³-hybridized carbons (Fsp3) is 0. The van der Waals surface area contributed by atoms with Gasteiger partial charge in [0.25, 0.3) is 0 Å². The second-order valence-corrected chi connectivity index (χ2v) is 6.03. The maximum Gasteiger partial charge on any atom is 0.337 e. The number of fused-ring (bicyclic) bond motifs is 2. The van der Waals surface area contributed by atoms with E-state index in [-0.39, 0.29) is 5.56 Å². The van der Waals surface area contributed by atoms with Crippen LogP contribution in [-0.2, 0) is 0 Å². The third kappa shape index (κ3) is 2.43. The van der Waals surface area contributed by atoms with E-state index in [2.05, 4.69) is 30.1 Å². The van der Waals surface area contributed by atoms with E-state index in [1.807, 2.05) is 18.2 Å².